The highest BCUT2D eigenvalue weighted by molar-refractivity contribution is 6.04. The quantitative estimate of drug-likeness (QED) is 0.264. The first-order valence-corrected chi connectivity index (χ1v) is 14.4. The third-order valence-corrected chi connectivity index (χ3v) is 7.50. The number of pyridine rings is 2. The zero-order valence-corrected chi connectivity index (χ0v) is 25.2. The van der Waals surface area contributed by atoms with Crippen LogP contribution in [0.2, 0.25) is 0 Å². The molecule has 1 N–H and O–H groups in total. The lowest BCUT2D eigenvalue weighted by molar-refractivity contribution is 0.0645. The molecule has 1 aliphatic heterocycles. The third kappa shape index (κ3) is 7.50. The van der Waals surface area contributed by atoms with E-state index in [0.717, 1.165) is 0 Å². The molecule has 5 rings (SSSR count). The number of Topliss-reactive ketones (excluding diaryl/α,β-unsaturated/α-hetero) is 1. The van der Waals surface area contributed by atoms with Crippen molar-refractivity contribution in [1.29, 1.82) is 0 Å². The number of ketones is 1. The lowest BCUT2D eigenvalue weighted by atomic mass is 9.88. The van der Waals surface area contributed by atoms with Crippen molar-refractivity contribution < 1.29 is 28.7 Å². The summed E-state index contributed by atoms with van der Waals surface area (Å²) >= 11 is 0. The lowest BCUT2D eigenvalue weighted by Crippen LogP contribution is -2.40. The molecule has 11 heteroatoms. The van der Waals surface area contributed by atoms with E-state index < -0.39 is 5.91 Å². The molecular weight excluding hydrogens is 574 g/mol. The number of anilines is 1. The van der Waals surface area contributed by atoms with Crippen LogP contribution in [0.25, 0.3) is 0 Å². The van der Waals surface area contributed by atoms with Gasteiger partial charge in [0.05, 0.1) is 24.6 Å². The standard InChI is InChI=1S/C34H33N5O6/c1-38(2)33(42)24-6-12-28(13-7-24)45-30-15-9-26(21-36-30)37-32(41)25-8-14-29(35-20-25)34(43)39-18-16-23(17-19-39)31(40)22-4-10-27(44-3)11-5-22/h4-15,20-21,23H,16-19H2,1-3H3,(H,37,41). The van der Waals surface area contributed by atoms with Gasteiger partial charge in [-0.15, -0.1) is 0 Å². The maximum atomic E-state index is 13.1. The summed E-state index contributed by atoms with van der Waals surface area (Å²) < 4.78 is 10.9. The second kappa shape index (κ2) is 13.8. The molecule has 3 heterocycles. The zero-order chi connectivity index (χ0) is 31.9. The number of aromatic nitrogens is 2. The number of carbonyl (C=O) groups is 4. The first-order valence-electron chi connectivity index (χ1n) is 14.4. The number of hydrogen-bond acceptors (Lipinski definition) is 8. The first kappa shape index (κ1) is 30.9. The van der Waals surface area contributed by atoms with Crippen LogP contribution in [0.3, 0.4) is 0 Å². The molecule has 0 spiro atoms. The van der Waals surface area contributed by atoms with E-state index in [2.05, 4.69) is 15.3 Å². The first-order chi connectivity index (χ1) is 21.7. The molecule has 0 radical (unpaired) electrons. The Balaban J connectivity index is 1.11. The van der Waals surface area contributed by atoms with Crippen molar-refractivity contribution in [2.45, 2.75) is 12.8 Å². The summed E-state index contributed by atoms with van der Waals surface area (Å²) in [6.45, 7) is 0.896. The van der Waals surface area contributed by atoms with Crippen LogP contribution in [0, 0.1) is 5.92 Å². The number of nitrogens with one attached hydrogen (secondary N) is 1. The summed E-state index contributed by atoms with van der Waals surface area (Å²) in [5.41, 5.74) is 2.14. The van der Waals surface area contributed by atoms with E-state index in [1.165, 1.54) is 23.4 Å². The Morgan fingerprint density at radius 3 is 2.00 bits per heavy atom. The highest BCUT2D eigenvalue weighted by Crippen LogP contribution is 2.25. The molecule has 0 saturated carbocycles. The van der Waals surface area contributed by atoms with Crippen LogP contribution < -0.4 is 14.8 Å². The maximum absolute atomic E-state index is 13.1. The van der Waals surface area contributed by atoms with Gasteiger partial charge in [-0.25, -0.2) is 4.98 Å². The number of piperidine rings is 1. The summed E-state index contributed by atoms with van der Waals surface area (Å²) in [7, 11) is 4.95. The number of benzene rings is 2. The molecule has 3 amide bonds. The summed E-state index contributed by atoms with van der Waals surface area (Å²) in [4.78, 5) is 62.4. The van der Waals surface area contributed by atoms with Crippen molar-refractivity contribution in [3.8, 4) is 17.4 Å². The summed E-state index contributed by atoms with van der Waals surface area (Å²) in [5.74, 6) is 0.696. The van der Waals surface area contributed by atoms with Crippen LogP contribution in [-0.4, -0.2) is 77.6 Å². The number of hydrogen-bond donors (Lipinski definition) is 1. The minimum absolute atomic E-state index is 0.0693. The Kier molecular flexibility index (Phi) is 9.47. The molecule has 230 valence electrons. The summed E-state index contributed by atoms with van der Waals surface area (Å²) in [6.07, 6.45) is 3.96. The lowest BCUT2D eigenvalue weighted by Gasteiger charge is -2.31. The monoisotopic (exact) mass is 607 g/mol. The van der Waals surface area contributed by atoms with E-state index in [9.17, 15) is 19.2 Å². The van der Waals surface area contributed by atoms with Gasteiger partial charge < -0.3 is 24.6 Å². The second-order valence-electron chi connectivity index (χ2n) is 10.8. The van der Waals surface area contributed by atoms with E-state index in [1.807, 2.05) is 0 Å². The van der Waals surface area contributed by atoms with Gasteiger partial charge in [-0.3, -0.25) is 24.2 Å². The molecular formula is C34H33N5O6. The molecule has 2 aromatic carbocycles. The largest absolute Gasteiger partial charge is 0.497 e. The Labute approximate surface area is 260 Å². The predicted octanol–water partition coefficient (Wildman–Crippen LogP) is 4.97. The number of nitrogens with zero attached hydrogens (tertiary/aromatic N) is 4. The van der Waals surface area contributed by atoms with Crippen LogP contribution in [0.4, 0.5) is 5.69 Å². The topological polar surface area (TPSA) is 131 Å². The van der Waals surface area contributed by atoms with Gasteiger partial charge in [0.15, 0.2) is 5.78 Å². The van der Waals surface area contributed by atoms with Crippen LogP contribution in [0.1, 0.15) is 54.4 Å². The van der Waals surface area contributed by atoms with Gasteiger partial charge in [-0.1, -0.05) is 0 Å². The highest BCUT2D eigenvalue weighted by Gasteiger charge is 2.29. The molecule has 1 aliphatic rings. The number of carbonyl (C=O) groups excluding carboxylic acids is 4. The maximum Gasteiger partial charge on any atom is 0.272 e. The smallest absolute Gasteiger partial charge is 0.272 e. The Hall–Kier alpha value is -5.58. The number of rotatable bonds is 9. The number of likely N-dealkylation sites (tertiary alicyclic amines) is 1. The van der Waals surface area contributed by atoms with Crippen molar-refractivity contribution >= 4 is 29.2 Å². The van der Waals surface area contributed by atoms with E-state index in [1.54, 1.807) is 92.8 Å². The van der Waals surface area contributed by atoms with Crippen molar-refractivity contribution in [1.82, 2.24) is 19.8 Å². The molecule has 0 unspecified atom stereocenters. The zero-order valence-electron chi connectivity index (χ0n) is 25.2. The van der Waals surface area contributed by atoms with Gasteiger partial charge in [0.1, 0.15) is 17.2 Å². The molecule has 45 heavy (non-hydrogen) atoms. The van der Waals surface area contributed by atoms with E-state index in [0.29, 0.717) is 60.1 Å². The minimum atomic E-state index is -0.407. The minimum Gasteiger partial charge on any atom is -0.497 e. The van der Waals surface area contributed by atoms with E-state index in [-0.39, 0.29) is 34.8 Å². The normalized spacial score (nSPS) is 13.1. The fraction of sp³-hybridized carbons (Fsp3) is 0.235. The fourth-order valence-corrected chi connectivity index (χ4v) is 4.91. The number of methoxy groups -OCH3 is 1. The summed E-state index contributed by atoms with van der Waals surface area (Å²) in [6, 6.07) is 20.1. The number of amides is 3. The van der Waals surface area contributed by atoms with E-state index >= 15 is 0 Å². The molecule has 2 aromatic heterocycles. The Morgan fingerprint density at radius 2 is 1.42 bits per heavy atom. The predicted molar refractivity (Wildman–Crippen MR) is 167 cm³/mol. The summed E-state index contributed by atoms with van der Waals surface area (Å²) in [5, 5.41) is 2.75. The van der Waals surface area contributed by atoms with Crippen molar-refractivity contribution in [2.75, 3.05) is 39.6 Å². The molecule has 11 nitrogen and oxygen atoms in total. The van der Waals surface area contributed by atoms with Crippen LogP contribution in [0.15, 0.2) is 85.2 Å². The van der Waals surface area contributed by atoms with Gasteiger partial charge >= 0.3 is 0 Å². The molecule has 1 saturated heterocycles. The average Bonchev–Trinajstić information content (AvgIpc) is 3.08. The fourth-order valence-electron chi connectivity index (χ4n) is 4.91. The van der Waals surface area contributed by atoms with Crippen LogP contribution in [-0.2, 0) is 0 Å². The number of ether oxygens (including phenoxy) is 2. The molecule has 0 bridgehead atoms. The highest BCUT2D eigenvalue weighted by atomic mass is 16.5. The molecule has 1 fully saturated rings. The SMILES string of the molecule is COc1ccc(C(=O)C2CCN(C(=O)c3ccc(C(=O)Nc4ccc(Oc5ccc(C(=O)N(C)C)cc5)nc4)cn3)CC2)cc1. The Morgan fingerprint density at radius 1 is 0.778 bits per heavy atom. The Bertz CT molecular complexity index is 1660. The van der Waals surface area contributed by atoms with Crippen molar-refractivity contribution in [2.24, 2.45) is 5.92 Å². The van der Waals surface area contributed by atoms with Crippen LogP contribution >= 0.6 is 0 Å². The second-order valence-corrected chi connectivity index (χ2v) is 10.8. The van der Waals surface area contributed by atoms with Gasteiger partial charge in [0, 0.05) is 56.5 Å². The molecule has 0 aliphatic carbocycles. The van der Waals surface area contributed by atoms with Crippen molar-refractivity contribution in [3.05, 3.63) is 108 Å². The van der Waals surface area contributed by atoms with Crippen molar-refractivity contribution in [3.63, 3.8) is 0 Å². The van der Waals surface area contributed by atoms with Gasteiger partial charge in [0.2, 0.25) is 5.88 Å². The van der Waals surface area contributed by atoms with Gasteiger partial charge in [-0.05, 0) is 79.6 Å². The van der Waals surface area contributed by atoms with Crippen LogP contribution in [0.5, 0.6) is 17.4 Å². The average molecular weight is 608 g/mol. The molecule has 0 atom stereocenters. The third-order valence-electron chi connectivity index (χ3n) is 7.50. The van der Waals surface area contributed by atoms with Gasteiger partial charge in [-0.2, -0.15) is 0 Å². The molecule has 4 aromatic rings. The van der Waals surface area contributed by atoms with Gasteiger partial charge in [0.25, 0.3) is 17.7 Å². The van der Waals surface area contributed by atoms with E-state index in [4.69, 9.17) is 9.47 Å².